The van der Waals surface area contributed by atoms with Gasteiger partial charge in [-0.1, -0.05) is 31.2 Å². The van der Waals surface area contributed by atoms with E-state index in [9.17, 15) is 0 Å². The molecule has 0 saturated carbocycles. The maximum atomic E-state index is 9.01. The molecule has 1 heterocycles. The number of likely N-dealkylation sites (tertiary alicyclic amines) is 1. The van der Waals surface area contributed by atoms with Crippen LogP contribution in [0.25, 0.3) is 0 Å². The number of nitrogens with zero attached hydrogens (tertiary/aromatic N) is 1. The Morgan fingerprint density at radius 3 is 2.29 bits per heavy atom. The fraction of sp³-hybridized carbons (Fsp3) is 0.538. The van der Waals surface area contributed by atoms with Gasteiger partial charge in [0.05, 0.1) is 0 Å². The van der Waals surface area contributed by atoms with Crippen LogP contribution in [-0.4, -0.2) is 35.2 Å². The molecule has 1 saturated heterocycles. The fourth-order valence-corrected chi connectivity index (χ4v) is 2.27. The van der Waals surface area contributed by atoms with Crippen LogP contribution in [0.5, 0.6) is 0 Å². The Bertz CT molecular complexity index is 345. The Hall–Kier alpha value is -0.835. The lowest BCUT2D eigenvalue weighted by atomic mass is 9.80. The van der Waals surface area contributed by atoms with E-state index >= 15 is 0 Å². The molecule has 0 radical (unpaired) electrons. The van der Waals surface area contributed by atoms with Crippen molar-refractivity contribution in [3.05, 3.63) is 29.8 Å². The first kappa shape index (κ1) is 12.6. The molecular weight excluding hydrogens is 213 g/mol. The van der Waals surface area contributed by atoms with Crippen molar-refractivity contribution in [1.29, 1.82) is 0 Å². The second-order valence-corrected chi connectivity index (χ2v) is 5.07. The van der Waals surface area contributed by atoms with Gasteiger partial charge in [0.1, 0.15) is 0 Å². The highest BCUT2D eigenvalue weighted by molar-refractivity contribution is 6.58. The summed E-state index contributed by atoms with van der Waals surface area (Å²) >= 11 is 0. The van der Waals surface area contributed by atoms with Gasteiger partial charge in [-0.3, -0.25) is 4.90 Å². The third kappa shape index (κ3) is 3.56. The maximum absolute atomic E-state index is 9.01. The van der Waals surface area contributed by atoms with E-state index in [-0.39, 0.29) is 0 Å². The maximum Gasteiger partial charge on any atom is 0.488 e. The van der Waals surface area contributed by atoms with E-state index in [1.54, 1.807) is 12.1 Å². The molecule has 1 aliphatic heterocycles. The van der Waals surface area contributed by atoms with Crippen molar-refractivity contribution in [3.63, 3.8) is 0 Å². The minimum Gasteiger partial charge on any atom is -0.423 e. The summed E-state index contributed by atoms with van der Waals surface area (Å²) in [7, 11) is -1.36. The third-order valence-corrected chi connectivity index (χ3v) is 3.56. The summed E-state index contributed by atoms with van der Waals surface area (Å²) in [4.78, 5) is 2.46. The van der Waals surface area contributed by atoms with Gasteiger partial charge in [0.25, 0.3) is 0 Å². The first-order valence-electron chi connectivity index (χ1n) is 6.32. The van der Waals surface area contributed by atoms with Gasteiger partial charge in [0.2, 0.25) is 0 Å². The Morgan fingerprint density at radius 1 is 1.18 bits per heavy atom. The quantitative estimate of drug-likeness (QED) is 0.751. The topological polar surface area (TPSA) is 43.7 Å². The molecule has 1 aliphatic rings. The van der Waals surface area contributed by atoms with Crippen LogP contribution in [0.1, 0.15) is 25.3 Å². The summed E-state index contributed by atoms with van der Waals surface area (Å²) in [5.41, 5.74) is 1.80. The van der Waals surface area contributed by atoms with Crippen LogP contribution in [0.15, 0.2) is 24.3 Å². The lowest BCUT2D eigenvalue weighted by Crippen LogP contribution is -2.33. The summed E-state index contributed by atoms with van der Waals surface area (Å²) < 4.78 is 0. The molecule has 0 atom stereocenters. The predicted molar refractivity (Wildman–Crippen MR) is 69.9 cm³/mol. The van der Waals surface area contributed by atoms with Gasteiger partial charge in [-0.05, 0) is 42.9 Å². The standard InChI is InChI=1S/C13H20BNO2/c1-11-6-8-15(9-7-11)10-12-2-4-13(5-3-12)14(16)17/h2-5,11,16-17H,6-10H2,1H3. The van der Waals surface area contributed by atoms with Crippen LogP contribution in [0, 0.1) is 5.92 Å². The number of piperidine rings is 1. The van der Waals surface area contributed by atoms with Crippen molar-refractivity contribution in [1.82, 2.24) is 4.90 Å². The molecule has 2 rings (SSSR count). The van der Waals surface area contributed by atoms with E-state index in [4.69, 9.17) is 10.0 Å². The molecule has 1 aromatic rings. The normalized spacial score (nSPS) is 18.3. The molecule has 0 aliphatic carbocycles. The Kier molecular flexibility index (Phi) is 4.21. The smallest absolute Gasteiger partial charge is 0.423 e. The average molecular weight is 233 g/mol. The van der Waals surface area contributed by atoms with E-state index in [0.717, 1.165) is 12.5 Å². The van der Waals surface area contributed by atoms with Gasteiger partial charge in [0.15, 0.2) is 0 Å². The number of hydrogen-bond donors (Lipinski definition) is 2. The summed E-state index contributed by atoms with van der Waals surface area (Å²) in [6, 6.07) is 7.53. The number of benzene rings is 1. The zero-order chi connectivity index (χ0) is 12.3. The van der Waals surface area contributed by atoms with Crippen molar-refractivity contribution in [2.24, 2.45) is 5.92 Å². The van der Waals surface area contributed by atoms with Gasteiger partial charge < -0.3 is 10.0 Å². The number of rotatable bonds is 3. The Labute approximate surface area is 103 Å². The van der Waals surface area contributed by atoms with Gasteiger partial charge in [-0.2, -0.15) is 0 Å². The second-order valence-electron chi connectivity index (χ2n) is 5.07. The fourth-order valence-electron chi connectivity index (χ4n) is 2.27. The van der Waals surface area contributed by atoms with Crippen LogP contribution in [0.3, 0.4) is 0 Å². The molecule has 1 fully saturated rings. The first-order chi connectivity index (χ1) is 8.15. The lowest BCUT2D eigenvalue weighted by molar-refractivity contribution is 0.185. The zero-order valence-electron chi connectivity index (χ0n) is 10.3. The van der Waals surface area contributed by atoms with Crippen molar-refractivity contribution in [3.8, 4) is 0 Å². The summed E-state index contributed by atoms with van der Waals surface area (Å²) in [6.45, 7) is 5.63. The average Bonchev–Trinajstić information content (AvgIpc) is 2.33. The molecule has 0 bridgehead atoms. The largest absolute Gasteiger partial charge is 0.488 e. The van der Waals surface area contributed by atoms with E-state index < -0.39 is 7.12 Å². The van der Waals surface area contributed by atoms with E-state index in [1.807, 2.05) is 12.1 Å². The van der Waals surface area contributed by atoms with Crippen LogP contribution in [0.2, 0.25) is 0 Å². The molecule has 0 aromatic heterocycles. The van der Waals surface area contributed by atoms with Crippen molar-refractivity contribution in [2.75, 3.05) is 13.1 Å². The minimum atomic E-state index is -1.36. The highest BCUT2D eigenvalue weighted by Crippen LogP contribution is 2.17. The van der Waals surface area contributed by atoms with E-state index in [0.29, 0.717) is 5.46 Å². The first-order valence-corrected chi connectivity index (χ1v) is 6.32. The molecule has 0 amide bonds. The van der Waals surface area contributed by atoms with Gasteiger partial charge >= 0.3 is 7.12 Å². The predicted octanol–water partition coefficient (Wildman–Crippen LogP) is 0.598. The Balaban J connectivity index is 1.90. The lowest BCUT2D eigenvalue weighted by Gasteiger charge is -2.30. The van der Waals surface area contributed by atoms with Crippen LogP contribution < -0.4 is 5.46 Å². The molecule has 17 heavy (non-hydrogen) atoms. The van der Waals surface area contributed by atoms with E-state index in [1.165, 1.54) is 31.5 Å². The van der Waals surface area contributed by atoms with Crippen molar-refractivity contribution < 1.29 is 10.0 Å². The SMILES string of the molecule is CC1CCN(Cc2ccc(B(O)O)cc2)CC1. The molecule has 3 nitrogen and oxygen atoms in total. The molecule has 1 aromatic carbocycles. The molecule has 0 unspecified atom stereocenters. The van der Waals surface area contributed by atoms with Gasteiger partial charge in [0, 0.05) is 6.54 Å². The minimum absolute atomic E-state index is 0.556. The second kappa shape index (κ2) is 5.67. The summed E-state index contributed by atoms with van der Waals surface area (Å²) in [5.74, 6) is 0.859. The molecular formula is C13H20BNO2. The molecule has 0 spiro atoms. The van der Waals surface area contributed by atoms with Crippen LogP contribution >= 0.6 is 0 Å². The molecule has 4 heteroatoms. The molecule has 92 valence electrons. The number of hydrogen-bond acceptors (Lipinski definition) is 3. The Morgan fingerprint density at radius 2 is 1.76 bits per heavy atom. The third-order valence-electron chi connectivity index (χ3n) is 3.56. The molecule has 2 N–H and O–H groups in total. The van der Waals surface area contributed by atoms with E-state index in [2.05, 4.69) is 11.8 Å². The monoisotopic (exact) mass is 233 g/mol. The highest BCUT2D eigenvalue weighted by Gasteiger charge is 2.16. The van der Waals surface area contributed by atoms with Crippen LogP contribution in [-0.2, 0) is 6.54 Å². The zero-order valence-corrected chi connectivity index (χ0v) is 10.3. The summed E-state index contributed by atoms with van der Waals surface area (Å²) in [6.07, 6.45) is 2.57. The van der Waals surface area contributed by atoms with Crippen LogP contribution in [0.4, 0.5) is 0 Å². The van der Waals surface area contributed by atoms with Crippen molar-refractivity contribution >= 4 is 12.6 Å². The van der Waals surface area contributed by atoms with Crippen molar-refractivity contribution in [2.45, 2.75) is 26.3 Å². The van der Waals surface area contributed by atoms with Gasteiger partial charge in [-0.25, -0.2) is 0 Å². The highest BCUT2D eigenvalue weighted by atomic mass is 16.4. The summed E-state index contributed by atoms with van der Waals surface area (Å²) in [5, 5.41) is 18.0. The van der Waals surface area contributed by atoms with Gasteiger partial charge in [-0.15, -0.1) is 0 Å².